The van der Waals surface area contributed by atoms with E-state index in [-0.39, 0.29) is 51.4 Å². The molecular weight excluding hydrogens is 499 g/mol. The van der Waals surface area contributed by atoms with Crippen molar-refractivity contribution >= 4 is 22.1 Å². The van der Waals surface area contributed by atoms with E-state index in [2.05, 4.69) is 13.8 Å². The fourth-order valence-corrected chi connectivity index (χ4v) is 4.04. The van der Waals surface area contributed by atoms with Crippen LogP contribution in [0.15, 0.2) is 0 Å². The van der Waals surface area contributed by atoms with Crippen LogP contribution in [0.25, 0.3) is 0 Å². The van der Waals surface area contributed by atoms with Crippen LogP contribution in [0.3, 0.4) is 0 Å². The van der Waals surface area contributed by atoms with Crippen LogP contribution in [0.1, 0.15) is 122 Å². The van der Waals surface area contributed by atoms with Gasteiger partial charge in [0.25, 0.3) is 10.1 Å². The summed E-state index contributed by atoms with van der Waals surface area (Å²) in [4.78, 5) is 20.0. The summed E-state index contributed by atoms with van der Waals surface area (Å²) in [5, 5.41) is 13.9. The second kappa shape index (κ2) is 29.0. The zero-order chi connectivity index (χ0) is 26.1. The smallest absolute Gasteiger partial charge is 0.481 e. The van der Waals surface area contributed by atoms with Crippen molar-refractivity contribution in [2.24, 2.45) is 0 Å². The average Bonchev–Trinajstić information content (AvgIpc) is 2.76. The molecule has 0 bridgehead atoms. The molecule has 3 N–H and O–H groups in total. The Morgan fingerprint density at radius 3 is 1.37 bits per heavy atom. The molecular formula is C25H49KO8S. The van der Waals surface area contributed by atoms with E-state index in [4.69, 9.17) is 19.5 Å². The van der Waals surface area contributed by atoms with E-state index in [0.29, 0.717) is 0 Å². The van der Waals surface area contributed by atoms with Crippen molar-refractivity contribution in [3.8, 4) is 0 Å². The number of aliphatic carboxylic acids is 2. The van der Waals surface area contributed by atoms with Gasteiger partial charge in [-0.15, -0.1) is 0 Å². The van der Waals surface area contributed by atoms with Gasteiger partial charge in [0.2, 0.25) is 0 Å². The van der Waals surface area contributed by atoms with Gasteiger partial charge in [-0.1, -0.05) is 103 Å². The standard InChI is InChI=1S/C21H43O.C4H6O7S.K/c1-3-5-6-7-8-9-10-11-12-13-14-15-16-17-18-19-21-22-20-4-2;5-3(6)1-2(4(7)8)12(9,10)11;/h2-21H2,1H3;2H,1H2,(H,5,6)(H,7,8)(H,9,10,11);/q-1;;+1. The molecule has 1 atom stereocenters. The summed E-state index contributed by atoms with van der Waals surface area (Å²) in [6.07, 6.45) is 22.6. The zero-order valence-corrected chi connectivity index (χ0v) is 26.2. The van der Waals surface area contributed by atoms with Crippen molar-refractivity contribution in [1.82, 2.24) is 0 Å². The van der Waals surface area contributed by atoms with Gasteiger partial charge in [0.15, 0.2) is 5.25 Å². The Kier molecular flexibility index (Phi) is 33.1. The molecule has 204 valence electrons. The van der Waals surface area contributed by atoms with Crippen molar-refractivity contribution in [2.75, 3.05) is 13.2 Å². The van der Waals surface area contributed by atoms with Crippen molar-refractivity contribution in [1.29, 1.82) is 0 Å². The predicted molar refractivity (Wildman–Crippen MR) is 136 cm³/mol. The molecule has 0 rings (SSSR count). The maximum atomic E-state index is 10.2. The third-order valence-corrected chi connectivity index (χ3v) is 6.51. The van der Waals surface area contributed by atoms with Gasteiger partial charge in [0, 0.05) is 13.2 Å². The quantitative estimate of drug-likeness (QED) is 0.0765. The minimum Gasteiger partial charge on any atom is -0.481 e. The number of ether oxygens (including phenoxy) is 1. The maximum absolute atomic E-state index is 10.2. The molecule has 0 spiro atoms. The Labute approximate surface area is 256 Å². The second-order valence-electron chi connectivity index (χ2n) is 8.71. The minimum absolute atomic E-state index is 0. The summed E-state index contributed by atoms with van der Waals surface area (Å²) in [6.45, 7) is 7.84. The van der Waals surface area contributed by atoms with Crippen LogP contribution in [0.4, 0.5) is 0 Å². The number of carbonyl (C=O) groups is 2. The van der Waals surface area contributed by atoms with Gasteiger partial charge in [-0.2, -0.15) is 14.8 Å². The first-order valence-electron chi connectivity index (χ1n) is 12.9. The Bertz CT molecular complexity index is 564. The van der Waals surface area contributed by atoms with Crippen LogP contribution >= 0.6 is 0 Å². The maximum Gasteiger partial charge on any atom is 1.00 e. The molecule has 10 heteroatoms. The van der Waals surface area contributed by atoms with E-state index in [0.717, 1.165) is 19.6 Å². The van der Waals surface area contributed by atoms with Crippen molar-refractivity contribution in [3.63, 3.8) is 0 Å². The Hall–Kier alpha value is 0.446. The molecule has 0 aliphatic heterocycles. The molecule has 35 heavy (non-hydrogen) atoms. The van der Waals surface area contributed by atoms with E-state index in [1.54, 1.807) is 0 Å². The fourth-order valence-electron chi connectivity index (χ4n) is 3.43. The van der Waals surface area contributed by atoms with Crippen LogP contribution in [0, 0.1) is 6.92 Å². The van der Waals surface area contributed by atoms with E-state index < -0.39 is 33.7 Å². The van der Waals surface area contributed by atoms with E-state index in [1.165, 1.54) is 103 Å². The number of carboxylic acids is 2. The number of hydrogen-bond donors (Lipinski definition) is 3. The van der Waals surface area contributed by atoms with Gasteiger partial charge in [-0.3, -0.25) is 14.1 Å². The Morgan fingerprint density at radius 2 is 1.11 bits per heavy atom. The summed E-state index contributed by atoms with van der Waals surface area (Å²) in [5.41, 5.74) is 0. The minimum atomic E-state index is -4.84. The predicted octanol–water partition coefficient (Wildman–Crippen LogP) is 3.29. The SMILES string of the molecule is O=C(O)CC(C(=O)O)S(=O)(=O)O.[CH2-]CCOCCCCCCCCCCCCCCCCCC.[K+]. The molecule has 0 heterocycles. The van der Waals surface area contributed by atoms with Gasteiger partial charge in [0.1, 0.15) is 0 Å². The number of rotatable bonds is 23. The first kappa shape index (κ1) is 40.0. The molecule has 0 aromatic heterocycles. The van der Waals surface area contributed by atoms with Crippen molar-refractivity contribution in [3.05, 3.63) is 6.92 Å². The Morgan fingerprint density at radius 1 is 0.743 bits per heavy atom. The van der Waals surface area contributed by atoms with E-state index >= 15 is 0 Å². The van der Waals surface area contributed by atoms with Gasteiger partial charge in [0.05, 0.1) is 6.42 Å². The van der Waals surface area contributed by atoms with Crippen LogP contribution in [-0.2, 0) is 24.4 Å². The largest absolute Gasteiger partial charge is 1.00 e. The molecule has 0 aliphatic rings. The molecule has 0 amide bonds. The average molecular weight is 549 g/mol. The molecule has 8 nitrogen and oxygen atoms in total. The van der Waals surface area contributed by atoms with E-state index in [1.807, 2.05) is 0 Å². The molecule has 0 aromatic carbocycles. The third kappa shape index (κ3) is 32.4. The number of carboxylic acid groups (broad SMARTS) is 2. The summed E-state index contributed by atoms with van der Waals surface area (Å²) in [6, 6.07) is 0. The summed E-state index contributed by atoms with van der Waals surface area (Å²) in [7, 11) is -4.84. The normalized spacial score (nSPS) is 11.7. The second-order valence-corrected chi connectivity index (χ2v) is 10.3. The monoisotopic (exact) mass is 548 g/mol. The van der Waals surface area contributed by atoms with Crippen LogP contribution < -0.4 is 51.4 Å². The topological polar surface area (TPSA) is 138 Å². The van der Waals surface area contributed by atoms with Gasteiger partial charge in [-0.25, -0.2) is 0 Å². The van der Waals surface area contributed by atoms with E-state index in [9.17, 15) is 18.0 Å². The molecule has 0 radical (unpaired) electrons. The van der Waals surface area contributed by atoms with Crippen molar-refractivity contribution in [2.45, 2.75) is 128 Å². The zero-order valence-electron chi connectivity index (χ0n) is 22.2. The van der Waals surface area contributed by atoms with Gasteiger partial charge in [-0.05, 0) is 6.42 Å². The number of hydrogen-bond acceptors (Lipinski definition) is 5. The third-order valence-electron chi connectivity index (χ3n) is 5.43. The molecule has 0 fully saturated rings. The molecule has 0 aromatic rings. The molecule has 0 saturated carbocycles. The first-order valence-corrected chi connectivity index (χ1v) is 14.4. The summed E-state index contributed by atoms with van der Waals surface area (Å²) >= 11 is 0. The molecule has 0 saturated heterocycles. The molecule has 0 aliphatic carbocycles. The Balaban J connectivity index is -0.000000670. The fraction of sp³-hybridized carbons (Fsp3) is 0.880. The first-order chi connectivity index (χ1) is 16.2. The molecule has 1 unspecified atom stereocenters. The van der Waals surface area contributed by atoms with Crippen LogP contribution in [0.2, 0.25) is 0 Å². The van der Waals surface area contributed by atoms with Gasteiger partial charge < -0.3 is 21.9 Å². The van der Waals surface area contributed by atoms with Crippen LogP contribution in [-0.4, -0.2) is 53.6 Å². The summed E-state index contributed by atoms with van der Waals surface area (Å²) in [5.74, 6) is -3.50. The van der Waals surface area contributed by atoms with Crippen molar-refractivity contribution < 1.29 is 88.9 Å². The van der Waals surface area contributed by atoms with Crippen LogP contribution in [0.5, 0.6) is 0 Å². The summed E-state index contributed by atoms with van der Waals surface area (Å²) < 4.78 is 34.1. The van der Waals surface area contributed by atoms with Gasteiger partial charge >= 0.3 is 63.3 Å². The number of unbranched alkanes of at least 4 members (excludes halogenated alkanes) is 15.